The molecule has 96 valence electrons. The van der Waals surface area contributed by atoms with Gasteiger partial charge in [-0.1, -0.05) is 6.92 Å². The quantitative estimate of drug-likeness (QED) is 0.609. The number of nitrogens with one attached hydrogen (secondary N) is 1. The Morgan fingerprint density at radius 1 is 1.50 bits per heavy atom. The van der Waals surface area contributed by atoms with Crippen LogP contribution in [0.2, 0.25) is 0 Å². The molecule has 0 aliphatic rings. The van der Waals surface area contributed by atoms with Gasteiger partial charge >= 0.3 is 5.69 Å². The van der Waals surface area contributed by atoms with Gasteiger partial charge in [-0.05, 0) is 22.8 Å². The zero-order chi connectivity index (χ0) is 13.1. The molecule has 0 aliphatic carbocycles. The number of nitro groups is 1. The number of aliphatic hydroxyl groups is 1. The van der Waals surface area contributed by atoms with Gasteiger partial charge in [-0.25, -0.2) is 4.63 Å². The number of hydrogen-bond donors (Lipinski definition) is 2. The smallest absolute Gasteiger partial charge is 0.300 e. The van der Waals surface area contributed by atoms with Gasteiger partial charge in [-0.3, -0.25) is 10.1 Å². The molecule has 0 spiro atoms. The summed E-state index contributed by atoms with van der Waals surface area (Å²) in [5.41, 5.74) is 0.765. The molecule has 2 N–H and O–H groups in total. The average Bonchev–Trinajstić information content (AvgIpc) is 2.84. The first-order chi connectivity index (χ1) is 8.63. The summed E-state index contributed by atoms with van der Waals surface area (Å²) in [4.78, 5) is 10.2. The van der Waals surface area contributed by atoms with Crippen LogP contribution in [0.1, 0.15) is 13.3 Å². The summed E-state index contributed by atoms with van der Waals surface area (Å²) < 4.78 is 4.52. The second-order valence-electron chi connectivity index (χ2n) is 3.79. The van der Waals surface area contributed by atoms with E-state index in [1.165, 1.54) is 12.1 Å². The van der Waals surface area contributed by atoms with E-state index < -0.39 is 11.0 Å². The average molecular weight is 252 g/mol. The van der Waals surface area contributed by atoms with Crippen molar-refractivity contribution >= 4 is 22.4 Å². The molecule has 0 bridgehead atoms. The van der Waals surface area contributed by atoms with E-state index >= 15 is 0 Å². The van der Waals surface area contributed by atoms with E-state index in [2.05, 4.69) is 20.3 Å². The van der Waals surface area contributed by atoms with Crippen molar-refractivity contribution < 1.29 is 14.7 Å². The molecule has 2 aromatic rings. The third-order valence-corrected chi connectivity index (χ3v) is 2.59. The van der Waals surface area contributed by atoms with Gasteiger partial charge in [0.25, 0.3) is 0 Å². The number of rotatable bonds is 5. The molecule has 1 aromatic heterocycles. The van der Waals surface area contributed by atoms with E-state index in [1.54, 1.807) is 0 Å². The molecule has 1 atom stereocenters. The molecule has 18 heavy (non-hydrogen) atoms. The summed E-state index contributed by atoms with van der Waals surface area (Å²) in [5.74, 6) is 0. The van der Waals surface area contributed by atoms with E-state index in [0.29, 0.717) is 18.7 Å². The number of nitro benzene ring substituents is 1. The highest BCUT2D eigenvalue weighted by atomic mass is 16.6. The highest BCUT2D eigenvalue weighted by Gasteiger charge is 2.19. The highest BCUT2D eigenvalue weighted by molar-refractivity contribution is 5.93. The van der Waals surface area contributed by atoms with Crippen LogP contribution in [0.3, 0.4) is 0 Å². The number of aliphatic hydroxyl groups excluding tert-OH is 1. The third-order valence-electron chi connectivity index (χ3n) is 2.59. The SMILES string of the molecule is CCC(O)CNc1ccc([N+](=O)[O-])c2nonc12. The minimum Gasteiger partial charge on any atom is -0.391 e. The molecule has 1 unspecified atom stereocenters. The maximum Gasteiger partial charge on any atom is 0.300 e. The second kappa shape index (κ2) is 4.96. The second-order valence-corrected chi connectivity index (χ2v) is 3.79. The number of benzene rings is 1. The van der Waals surface area contributed by atoms with Crippen LogP contribution in [-0.4, -0.2) is 33.0 Å². The van der Waals surface area contributed by atoms with Crippen LogP contribution < -0.4 is 5.32 Å². The zero-order valence-corrected chi connectivity index (χ0v) is 9.66. The van der Waals surface area contributed by atoms with Gasteiger partial charge in [0.15, 0.2) is 5.52 Å². The van der Waals surface area contributed by atoms with Crippen molar-refractivity contribution in [1.29, 1.82) is 0 Å². The molecule has 0 fully saturated rings. The number of non-ortho nitro benzene ring substituents is 1. The van der Waals surface area contributed by atoms with Crippen molar-refractivity contribution in [3.63, 3.8) is 0 Å². The summed E-state index contributed by atoms with van der Waals surface area (Å²) >= 11 is 0. The van der Waals surface area contributed by atoms with Crippen LogP contribution in [-0.2, 0) is 0 Å². The first-order valence-corrected chi connectivity index (χ1v) is 5.45. The molecule has 0 saturated heterocycles. The fourth-order valence-electron chi connectivity index (χ4n) is 1.52. The molecular weight excluding hydrogens is 240 g/mol. The molecular formula is C10H12N4O4. The lowest BCUT2D eigenvalue weighted by Gasteiger charge is -2.10. The lowest BCUT2D eigenvalue weighted by molar-refractivity contribution is -0.383. The van der Waals surface area contributed by atoms with Crippen LogP contribution in [0.25, 0.3) is 11.0 Å². The zero-order valence-electron chi connectivity index (χ0n) is 9.66. The van der Waals surface area contributed by atoms with Crippen LogP contribution >= 0.6 is 0 Å². The predicted octanol–water partition coefficient (Wildman–Crippen LogP) is 1.31. The number of nitrogens with zero attached hydrogens (tertiary/aromatic N) is 3. The van der Waals surface area contributed by atoms with Crippen molar-refractivity contribution in [3.8, 4) is 0 Å². The van der Waals surface area contributed by atoms with E-state index in [-0.39, 0.29) is 16.7 Å². The van der Waals surface area contributed by atoms with E-state index in [9.17, 15) is 15.2 Å². The Morgan fingerprint density at radius 2 is 2.22 bits per heavy atom. The largest absolute Gasteiger partial charge is 0.391 e. The summed E-state index contributed by atoms with van der Waals surface area (Å²) in [7, 11) is 0. The van der Waals surface area contributed by atoms with Gasteiger partial charge in [0.2, 0.25) is 5.52 Å². The van der Waals surface area contributed by atoms with Crippen LogP contribution in [0.4, 0.5) is 11.4 Å². The van der Waals surface area contributed by atoms with Gasteiger partial charge in [0, 0.05) is 12.6 Å². The molecule has 8 heteroatoms. The van der Waals surface area contributed by atoms with Crippen LogP contribution in [0, 0.1) is 10.1 Å². The normalized spacial score (nSPS) is 12.6. The highest BCUT2D eigenvalue weighted by Crippen LogP contribution is 2.28. The predicted molar refractivity (Wildman–Crippen MR) is 63.2 cm³/mol. The Balaban J connectivity index is 2.33. The molecule has 0 aliphatic heterocycles. The first-order valence-electron chi connectivity index (χ1n) is 5.45. The minimum atomic E-state index is -0.544. The fraction of sp³-hybridized carbons (Fsp3) is 0.400. The van der Waals surface area contributed by atoms with Crippen molar-refractivity contribution in [2.75, 3.05) is 11.9 Å². The fourth-order valence-corrected chi connectivity index (χ4v) is 1.52. The maximum absolute atomic E-state index is 10.8. The van der Waals surface area contributed by atoms with Gasteiger partial charge in [0.1, 0.15) is 0 Å². The van der Waals surface area contributed by atoms with E-state index in [4.69, 9.17) is 0 Å². The lowest BCUT2D eigenvalue weighted by Crippen LogP contribution is -2.18. The lowest BCUT2D eigenvalue weighted by atomic mass is 10.2. The molecule has 1 heterocycles. The Labute approximate surface area is 102 Å². The number of hydrogen-bond acceptors (Lipinski definition) is 7. The first kappa shape index (κ1) is 12.2. The molecule has 0 amide bonds. The Morgan fingerprint density at radius 3 is 2.89 bits per heavy atom. The minimum absolute atomic E-state index is 0.0935. The van der Waals surface area contributed by atoms with E-state index in [1.807, 2.05) is 6.92 Å². The summed E-state index contributed by atoms with van der Waals surface area (Å²) in [6, 6.07) is 2.85. The molecule has 1 aromatic carbocycles. The standard InChI is InChI=1S/C10H12N4O4/c1-2-6(15)5-11-7-3-4-8(14(16)17)10-9(7)12-18-13-10/h3-4,6,11,15H,2,5H2,1H3. The molecule has 2 rings (SSSR count). The Hall–Kier alpha value is -2.22. The Bertz CT molecular complexity index is 568. The van der Waals surface area contributed by atoms with Gasteiger partial charge in [-0.2, -0.15) is 0 Å². The number of fused-ring (bicyclic) bond motifs is 1. The van der Waals surface area contributed by atoms with Gasteiger partial charge in [0.05, 0.1) is 16.7 Å². The van der Waals surface area contributed by atoms with Crippen molar-refractivity contribution in [2.24, 2.45) is 0 Å². The monoisotopic (exact) mass is 252 g/mol. The summed E-state index contributed by atoms with van der Waals surface area (Å²) in [5, 5.41) is 30.3. The number of anilines is 1. The topological polar surface area (TPSA) is 114 Å². The molecule has 8 nitrogen and oxygen atoms in total. The summed E-state index contributed by atoms with van der Waals surface area (Å²) in [6.45, 7) is 2.19. The molecule has 0 saturated carbocycles. The van der Waals surface area contributed by atoms with E-state index in [0.717, 1.165) is 0 Å². The van der Waals surface area contributed by atoms with Crippen LogP contribution in [0.5, 0.6) is 0 Å². The third kappa shape index (κ3) is 2.23. The maximum atomic E-state index is 10.8. The summed E-state index contributed by atoms with van der Waals surface area (Å²) in [6.07, 6.45) is 0.121. The van der Waals surface area contributed by atoms with Gasteiger partial charge in [-0.15, -0.1) is 0 Å². The van der Waals surface area contributed by atoms with Crippen LogP contribution in [0.15, 0.2) is 16.8 Å². The van der Waals surface area contributed by atoms with Crippen molar-refractivity contribution in [1.82, 2.24) is 10.3 Å². The Kier molecular flexibility index (Phi) is 3.38. The molecule has 0 radical (unpaired) electrons. The number of aromatic nitrogens is 2. The van der Waals surface area contributed by atoms with Crippen molar-refractivity contribution in [2.45, 2.75) is 19.4 Å². The van der Waals surface area contributed by atoms with Crippen molar-refractivity contribution in [3.05, 3.63) is 22.2 Å². The van der Waals surface area contributed by atoms with Gasteiger partial charge < -0.3 is 10.4 Å².